The van der Waals surface area contributed by atoms with Crippen LogP contribution in [-0.2, 0) is 11.3 Å². The molecule has 3 nitrogen and oxygen atoms in total. The first-order chi connectivity index (χ1) is 7.71. The minimum atomic E-state index is -0.483. The zero-order chi connectivity index (χ0) is 13.2. The van der Waals surface area contributed by atoms with E-state index in [9.17, 15) is 4.79 Å². The van der Waals surface area contributed by atoms with E-state index in [-0.39, 0.29) is 23.7 Å². The number of carbonyl (C=O) groups is 1. The van der Waals surface area contributed by atoms with Gasteiger partial charge < -0.3 is 10.6 Å². The van der Waals surface area contributed by atoms with Gasteiger partial charge in [0.15, 0.2) is 0 Å². The molecule has 0 bridgehead atoms. The van der Waals surface area contributed by atoms with Gasteiger partial charge in [0.1, 0.15) is 0 Å². The number of nitrogens with zero attached hydrogens (tertiary/aromatic N) is 1. The predicted octanol–water partition coefficient (Wildman–Crippen LogP) is 3.16. The van der Waals surface area contributed by atoms with Gasteiger partial charge in [0, 0.05) is 11.9 Å². The molecule has 0 aliphatic carbocycles. The monoisotopic (exact) mass is 310 g/mol. The van der Waals surface area contributed by atoms with Gasteiger partial charge in [-0.15, -0.1) is 23.7 Å². The van der Waals surface area contributed by atoms with Crippen molar-refractivity contribution in [2.45, 2.75) is 33.4 Å². The molecular weight excluding hydrogens is 291 g/mol. The largest absolute Gasteiger partial charge is 0.339 e. The third-order valence-electron chi connectivity index (χ3n) is 2.60. The van der Waals surface area contributed by atoms with Crippen molar-refractivity contribution >= 4 is 41.3 Å². The Balaban J connectivity index is 0.00000289. The summed E-state index contributed by atoms with van der Waals surface area (Å²) >= 11 is 7.33. The van der Waals surface area contributed by atoms with E-state index in [4.69, 9.17) is 17.3 Å². The van der Waals surface area contributed by atoms with Gasteiger partial charge in [-0.1, -0.05) is 32.4 Å². The minimum Gasteiger partial charge on any atom is -0.339 e. The summed E-state index contributed by atoms with van der Waals surface area (Å²) < 4.78 is 0.737. The topological polar surface area (TPSA) is 46.3 Å². The van der Waals surface area contributed by atoms with Crippen molar-refractivity contribution in [3.8, 4) is 0 Å². The zero-order valence-electron chi connectivity index (χ0n) is 11.1. The van der Waals surface area contributed by atoms with Crippen molar-refractivity contribution in [2.24, 2.45) is 11.1 Å². The summed E-state index contributed by atoms with van der Waals surface area (Å²) in [7, 11) is 1.77. The van der Waals surface area contributed by atoms with E-state index in [1.54, 1.807) is 11.9 Å². The molecule has 1 aromatic heterocycles. The molecule has 1 unspecified atom stereocenters. The summed E-state index contributed by atoms with van der Waals surface area (Å²) in [6, 6.07) is 3.28. The van der Waals surface area contributed by atoms with E-state index >= 15 is 0 Å². The molecule has 104 valence electrons. The fraction of sp³-hybridized carbons (Fsp3) is 0.583. The van der Waals surface area contributed by atoms with E-state index in [1.165, 1.54) is 11.3 Å². The average molecular weight is 311 g/mol. The summed E-state index contributed by atoms with van der Waals surface area (Å²) in [5, 5.41) is 0. The van der Waals surface area contributed by atoms with Crippen LogP contribution in [0.5, 0.6) is 0 Å². The van der Waals surface area contributed by atoms with Gasteiger partial charge in [-0.05, 0) is 17.5 Å². The quantitative estimate of drug-likeness (QED) is 0.932. The highest BCUT2D eigenvalue weighted by molar-refractivity contribution is 7.16. The smallest absolute Gasteiger partial charge is 0.240 e. The second-order valence-electron chi connectivity index (χ2n) is 5.24. The molecule has 1 rings (SSSR count). The maximum Gasteiger partial charge on any atom is 0.240 e. The molecule has 0 aliphatic rings. The first kappa shape index (κ1) is 17.7. The Labute approximate surface area is 124 Å². The second kappa shape index (κ2) is 6.75. The number of halogens is 2. The van der Waals surface area contributed by atoms with Crippen LogP contribution in [-0.4, -0.2) is 23.9 Å². The van der Waals surface area contributed by atoms with E-state index in [2.05, 4.69) is 0 Å². The fourth-order valence-corrected chi connectivity index (χ4v) is 2.50. The summed E-state index contributed by atoms with van der Waals surface area (Å²) in [6.07, 6.45) is 0. The van der Waals surface area contributed by atoms with E-state index in [0.717, 1.165) is 9.21 Å². The molecular formula is C12H20Cl2N2OS. The Morgan fingerprint density at radius 3 is 2.44 bits per heavy atom. The first-order valence-electron chi connectivity index (χ1n) is 5.46. The van der Waals surface area contributed by atoms with Crippen LogP contribution in [0, 0.1) is 5.41 Å². The van der Waals surface area contributed by atoms with Crippen LogP contribution in [0.2, 0.25) is 4.34 Å². The average Bonchev–Trinajstić information content (AvgIpc) is 2.60. The SMILES string of the molecule is CN(Cc1ccc(Cl)s1)C(=O)C(N)C(C)(C)C.Cl. The minimum absolute atomic E-state index is 0. The second-order valence-corrected chi connectivity index (χ2v) is 7.04. The molecule has 1 aromatic rings. The summed E-state index contributed by atoms with van der Waals surface area (Å²) in [4.78, 5) is 14.8. The molecule has 0 aliphatic heterocycles. The number of amides is 1. The van der Waals surface area contributed by atoms with Gasteiger partial charge >= 0.3 is 0 Å². The lowest BCUT2D eigenvalue weighted by Crippen LogP contribution is -2.48. The van der Waals surface area contributed by atoms with Crippen LogP contribution >= 0.6 is 35.3 Å². The van der Waals surface area contributed by atoms with E-state index in [1.807, 2.05) is 32.9 Å². The van der Waals surface area contributed by atoms with Crippen molar-refractivity contribution in [1.82, 2.24) is 4.90 Å². The lowest BCUT2D eigenvalue weighted by Gasteiger charge is -2.29. The Kier molecular flexibility index (Phi) is 6.65. The van der Waals surface area contributed by atoms with Gasteiger partial charge in [-0.2, -0.15) is 0 Å². The number of hydrogen-bond acceptors (Lipinski definition) is 3. The van der Waals surface area contributed by atoms with Crippen LogP contribution in [0.15, 0.2) is 12.1 Å². The molecule has 18 heavy (non-hydrogen) atoms. The summed E-state index contributed by atoms with van der Waals surface area (Å²) in [5.74, 6) is -0.0398. The number of hydrogen-bond donors (Lipinski definition) is 1. The molecule has 2 N–H and O–H groups in total. The van der Waals surface area contributed by atoms with E-state index < -0.39 is 6.04 Å². The van der Waals surface area contributed by atoms with Gasteiger partial charge in [-0.3, -0.25) is 4.79 Å². The molecule has 0 saturated carbocycles. The number of rotatable bonds is 3. The third-order valence-corrected chi connectivity index (χ3v) is 3.81. The van der Waals surface area contributed by atoms with Crippen molar-refractivity contribution < 1.29 is 4.79 Å². The normalized spacial score (nSPS) is 12.8. The predicted molar refractivity (Wildman–Crippen MR) is 80.5 cm³/mol. The summed E-state index contributed by atoms with van der Waals surface area (Å²) in [5.41, 5.74) is 5.72. The van der Waals surface area contributed by atoms with Crippen LogP contribution in [0.25, 0.3) is 0 Å². The fourth-order valence-electron chi connectivity index (χ4n) is 1.36. The molecule has 1 heterocycles. The Morgan fingerprint density at radius 2 is 2.06 bits per heavy atom. The Bertz CT molecular complexity index is 401. The third kappa shape index (κ3) is 4.76. The van der Waals surface area contributed by atoms with Crippen LogP contribution in [0.1, 0.15) is 25.6 Å². The van der Waals surface area contributed by atoms with Crippen molar-refractivity contribution in [3.63, 3.8) is 0 Å². The van der Waals surface area contributed by atoms with Gasteiger partial charge in [0.25, 0.3) is 0 Å². The van der Waals surface area contributed by atoms with Gasteiger partial charge in [0.2, 0.25) is 5.91 Å². The molecule has 6 heteroatoms. The highest BCUT2D eigenvalue weighted by atomic mass is 35.5. The number of nitrogens with two attached hydrogens (primary N) is 1. The number of carbonyl (C=O) groups excluding carboxylic acids is 1. The molecule has 1 amide bonds. The van der Waals surface area contributed by atoms with Crippen molar-refractivity contribution in [3.05, 3.63) is 21.3 Å². The summed E-state index contributed by atoms with van der Waals surface area (Å²) in [6.45, 7) is 6.45. The maximum atomic E-state index is 12.1. The van der Waals surface area contributed by atoms with Crippen LogP contribution in [0.4, 0.5) is 0 Å². The Hall–Kier alpha value is -0.290. The molecule has 0 saturated heterocycles. The van der Waals surface area contributed by atoms with Crippen molar-refractivity contribution in [2.75, 3.05) is 7.05 Å². The van der Waals surface area contributed by atoms with Gasteiger partial charge in [-0.25, -0.2) is 0 Å². The molecule has 0 radical (unpaired) electrons. The standard InChI is InChI=1S/C12H19ClN2OS.ClH/c1-12(2,3)10(14)11(16)15(4)7-8-5-6-9(13)17-8;/h5-6,10H,7,14H2,1-4H3;1H. The molecule has 0 fully saturated rings. The molecule has 0 spiro atoms. The lowest BCUT2D eigenvalue weighted by atomic mass is 9.86. The highest BCUT2D eigenvalue weighted by Crippen LogP contribution is 2.24. The van der Waals surface area contributed by atoms with Crippen LogP contribution in [0.3, 0.4) is 0 Å². The number of likely N-dealkylation sites (N-methyl/N-ethyl adjacent to an activating group) is 1. The maximum absolute atomic E-state index is 12.1. The highest BCUT2D eigenvalue weighted by Gasteiger charge is 2.29. The zero-order valence-corrected chi connectivity index (χ0v) is 13.5. The van der Waals surface area contributed by atoms with Crippen LogP contribution < -0.4 is 5.73 Å². The van der Waals surface area contributed by atoms with Crippen molar-refractivity contribution in [1.29, 1.82) is 0 Å². The Morgan fingerprint density at radius 1 is 1.50 bits per heavy atom. The first-order valence-corrected chi connectivity index (χ1v) is 6.66. The lowest BCUT2D eigenvalue weighted by molar-refractivity contribution is -0.134. The molecule has 0 aromatic carbocycles. The van der Waals surface area contributed by atoms with E-state index in [0.29, 0.717) is 6.54 Å². The number of thiophene rings is 1. The van der Waals surface area contributed by atoms with Gasteiger partial charge in [0.05, 0.1) is 16.9 Å². The molecule has 1 atom stereocenters.